The van der Waals surface area contributed by atoms with Gasteiger partial charge in [-0.25, -0.2) is 13.4 Å². The van der Waals surface area contributed by atoms with Crippen molar-refractivity contribution in [2.45, 2.75) is 0 Å². The zero-order valence-corrected chi connectivity index (χ0v) is 14.7. The summed E-state index contributed by atoms with van der Waals surface area (Å²) >= 11 is 0. The van der Waals surface area contributed by atoms with Gasteiger partial charge in [0, 0.05) is 30.7 Å². The number of sulfonamides is 1. The molecule has 0 bridgehead atoms. The lowest BCUT2D eigenvalue weighted by Gasteiger charge is -2.13. The van der Waals surface area contributed by atoms with E-state index < -0.39 is 15.9 Å². The van der Waals surface area contributed by atoms with Crippen molar-refractivity contribution in [1.82, 2.24) is 13.7 Å². The summed E-state index contributed by atoms with van der Waals surface area (Å²) in [5.41, 5.74) is 3.07. The van der Waals surface area contributed by atoms with Crippen LogP contribution in [0.25, 0.3) is 16.9 Å². The smallest absolute Gasteiger partial charge is 0.239 e. The fourth-order valence-corrected chi connectivity index (χ4v) is 2.70. The molecule has 1 amide bonds. The van der Waals surface area contributed by atoms with Crippen molar-refractivity contribution < 1.29 is 13.2 Å². The van der Waals surface area contributed by atoms with Crippen LogP contribution < -0.4 is 5.32 Å². The number of anilines is 1. The Balaban J connectivity index is 1.78. The van der Waals surface area contributed by atoms with Gasteiger partial charge in [-0.15, -0.1) is 0 Å². The predicted octanol–water partition coefficient (Wildman–Crippen LogP) is 1.83. The van der Waals surface area contributed by atoms with Crippen LogP contribution >= 0.6 is 0 Å². The lowest BCUT2D eigenvalue weighted by Crippen LogP contribution is -2.34. The minimum Gasteiger partial charge on any atom is -0.325 e. The number of likely N-dealkylation sites (N-methyl/N-ethyl adjacent to an activating group) is 1. The highest BCUT2D eigenvalue weighted by Crippen LogP contribution is 2.22. The van der Waals surface area contributed by atoms with E-state index in [4.69, 9.17) is 0 Å². The van der Waals surface area contributed by atoms with E-state index in [1.54, 1.807) is 12.1 Å². The fourth-order valence-electron chi connectivity index (χ4n) is 2.35. The molecular formula is C17H18N4O3S. The molecule has 0 radical (unpaired) electrons. The SMILES string of the molecule is CN(CC(=O)Nc1cccc(-c2cn3ccccc3n2)c1)S(C)(=O)=O. The normalized spacial score (nSPS) is 11.8. The van der Waals surface area contributed by atoms with Crippen molar-refractivity contribution >= 4 is 27.3 Å². The van der Waals surface area contributed by atoms with Gasteiger partial charge in [-0.3, -0.25) is 4.79 Å². The summed E-state index contributed by atoms with van der Waals surface area (Å²) in [5, 5.41) is 2.71. The minimum absolute atomic E-state index is 0.239. The molecule has 0 saturated heterocycles. The third kappa shape index (κ3) is 4.04. The topological polar surface area (TPSA) is 83.8 Å². The first-order valence-corrected chi connectivity index (χ1v) is 9.43. The molecule has 130 valence electrons. The lowest BCUT2D eigenvalue weighted by molar-refractivity contribution is -0.116. The van der Waals surface area contributed by atoms with Gasteiger partial charge < -0.3 is 9.72 Å². The van der Waals surface area contributed by atoms with Crippen LogP contribution in [0.4, 0.5) is 5.69 Å². The van der Waals surface area contributed by atoms with E-state index in [-0.39, 0.29) is 6.54 Å². The molecule has 0 aliphatic carbocycles. The molecule has 3 aromatic rings. The number of benzene rings is 1. The number of carbonyl (C=O) groups excluding carboxylic acids is 1. The Hall–Kier alpha value is -2.71. The largest absolute Gasteiger partial charge is 0.325 e. The second-order valence-electron chi connectivity index (χ2n) is 5.74. The predicted molar refractivity (Wildman–Crippen MR) is 96.7 cm³/mol. The number of aromatic nitrogens is 2. The molecule has 1 N–H and O–H groups in total. The number of nitrogens with zero attached hydrogens (tertiary/aromatic N) is 3. The number of fused-ring (bicyclic) bond motifs is 1. The zero-order valence-electron chi connectivity index (χ0n) is 13.9. The molecule has 0 unspecified atom stereocenters. The highest BCUT2D eigenvalue weighted by Gasteiger charge is 2.15. The standard InChI is InChI=1S/C17H18N4O3S/c1-20(25(2,23)24)12-17(22)18-14-7-5-6-13(10-14)15-11-21-9-4-3-8-16(21)19-15/h3-11H,12H2,1-2H3,(H,18,22). The molecule has 0 aliphatic heterocycles. The van der Waals surface area contributed by atoms with E-state index >= 15 is 0 Å². The van der Waals surface area contributed by atoms with Gasteiger partial charge in [0.15, 0.2) is 0 Å². The number of imidazole rings is 1. The summed E-state index contributed by atoms with van der Waals surface area (Å²) in [6.07, 6.45) is 4.89. The molecule has 0 saturated carbocycles. The van der Waals surface area contributed by atoms with Crippen LogP contribution in [-0.4, -0.2) is 47.9 Å². The van der Waals surface area contributed by atoms with Crippen molar-refractivity contribution in [2.75, 3.05) is 25.2 Å². The minimum atomic E-state index is -3.40. The molecule has 25 heavy (non-hydrogen) atoms. The molecular weight excluding hydrogens is 340 g/mol. The quantitative estimate of drug-likeness (QED) is 0.754. The third-order valence-corrected chi connectivity index (χ3v) is 5.00. The van der Waals surface area contributed by atoms with Crippen LogP contribution in [0.15, 0.2) is 54.9 Å². The van der Waals surface area contributed by atoms with Crippen molar-refractivity contribution in [3.8, 4) is 11.3 Å². The number of hydrogen-bond acceptors (Lipinski definition) is 4. The van der Waals surface area contributed by atoms with E-state index in [1.165, 1.54) is 7.05 Å². The maximum Gasteiger partial charge on any atom is 0.239 e. The van der Waals surface area contributed by atoms with Crippen molar-refractivity contribution in [1.29, 1.82) is 0 Å². The number of amides is 1. The van der Waals surface area contributed by atoms with Crippen LogP contribution in [0.2, 0.25) is 0 Å². The molecule has 1 aromatic carbocycles. The molecule has 3 rings (SSSR count). The first-order chi connectivity index (χ1) is 11.8. The third-order valence-electron chi connectivity index (χ3n) is 3.74. The van der Waals surface area contributed by atoms with Crippen LogP contribution in [0.1, 0.15) is 0 Å². The second-order valence-corrected chi connectivity index (χ2v) is 7.83. The average Bonchev–Trinajstić information content (AvgIpc) is 2.98. The Morgan fingerprint density at radius 2 is 2.04 bits per heavy atom. The van der Waals surface area contributed by atoms with Crippen molar-refractivity contribution in [3.63, 3.8) is 0 Å². The number of hydrogen-bond donors (Lipinski definition) is 1. The van der Waals surface area contributed by atoms with Gasteiger partial charge in [0.1, 0.15) is 5.65 Å². The highest BCUT2D eigenvalue weighted by molar-refractivity contribution is 7.88. The Kier molecular flexibility index (Phi) is 4.56. The van der Waals surface area contributed by atoms with Gasteiger partial charge in [0.05, 0.1) is 18.5 Å². The summed E-state index contributed by atoms with van der Waals surface area (Å²) in [5.74, 6) is -0.403. The van der Waals surface area contributed by atoms with Gasteiger partial charge in [-0.05, 0) is 24.3 Å². The lowest BCUT2D eigenvalue weighted by atomic mass is 10.1. The second kappa shape index (κ2) is 6.66. The zero-order chi connectivity index (χ0) is 18.0. The first kappa shape index (κ1) is 17.1. The van der Waals surface area contributed by atoms with E-state index in [2.05, 4.69) is 10.3 Å². The Morgan fingerprint density at radius 1 is 1.24 bits per heavy atom. The number of rotatable bonds is 5. The van der Waals surface area contributed by atoms with Gasteiger partial charge >= 0.3 is 0 Å². The van der Waals surface area contributed by atoms with Crippen LogP contribution in [0.3, 0.4) is 0 Å². The van der Waals surface area contributed by atoms with Gasteiger partial charge in [-0.1, -0.05) is 18.2 Å². The van der Waals surface area contributed by atoms with Crippen LogP contribution in [0, 0.1) is 0 Å². The summed E-state index contributed by atoms with van der Waals surface area (Å²) < 4.78 is 25.7. The molecule has 0 spiro atoms. The Bertz CT molecular complexity index is 994. The summed E-state index contributed by atoms with van der Waals surface area (Å²) in [6, 6.07) is 13.0. The maximum absolute atomic E-state index is 12.0. The molecule has 0 fully saturated rings. The van der Waals surface area contributed by atoms with Crippen LogP contribution in [-0.2, 0) is 14.8 Å². The molecule has 2 aromatic heterocycles. The molecule has 8 heteroatoms. The average molecular weight is 358 g/mol. The maximum atomic E-state index is 12.0. The van der Waals surface area contributed by atoms with Crippen molar-refractivity contribution in [2.24, 2.45) is 0 Å². The molecule has 0 aliphatic rings. The van der Waals surface area contributed by atoms with Gasteiger partial charge in [0.25, 0.3) is 0 Å². The van der Waals surface area contributed by atoms with Crippen molar-refractivity contribution in [3.05, 3.63) is 54.9 Å². The van der Waals surface area contributed by atoms with Gasteiger partial charge in [-0.2, -0.15) is 4.31 Å². The summed E-state index contributed by atoms with van der Waals surface area (Å²) in [7, 11) is -2.03. The van der Waals surface area contributed by atoms with E-state index in [1.807, 2.05) is 47.1 Å². The monoisotopic (exact) mass is 358 g/mol. The molecule has 0 atom stereocenters. The summed E-state index contributed by atoms with van der Waals surface area (Å²) in [6.45, 7) is -0.239. The molecule has 2 heterocycles. The van der Waals surface area contributed by atoms with Gasteiger partial charge in [0.2, 0.25) is 15.9 Å². The highest BCUT2D eigenvalue weighted by atomic mass is 32.2. The first-order valence-electron chi connectivity index (χ1n) is 7.58. The Morgan fingerprint density at radius 3 is 2.76 bits per heavy atom. The van der Waals surface area contributed by atoms with Crippen LogP contribution in [0.5, 0.6) is 0 Å². The van der Waals surface area contributed by atoms with E-state index in [0.29, 0.717) is 5.69 Å². The Labute approximate surface area is 146 Å². The number of nitrogens with one attached hydrogen (secondary N) is 1. The van der Waals surface area contributed by atoms with E-state index in [0.717, 1.165) is 27.5 Å². The van der Waals surface area contributed by atoms with E-state index in [9.17, 15) is 13.2 Å². The summed E-state index contributed by atoms with van der Waals surface area (Å²) in [4.78, 5) is 16.6. The fraction of sp³-hybridized carbons (Fsp3) is 0.176. The number of pyridine rings is 1. The molecule has 7 nitrogen and oxygen atoms in total. The number of carbonyl (C=O) groups is 1.